The smallest absolute Gasteiger partial charge is 0.0615 e. The van der Waals surface area contributed by atoms with Gasteiger partial charge in [0, 0.05) is 19.8 Å². The van der Waals surface area contributed by atoms with Crippen LogP contribution in [-0.4, -0.2) is 26.3 Å². The van der Waals surface area contributed by atoms with Crippen molar-refractivity contribution >= 4 is 5.69 Å². The van der Waals surface area contributed by atoms with E-state index in [2.05, 4.69) is 57.1 Å². The highest BCUT2D eigenvalue weighted by Crippen LogP contribution is 2.55. The number of hydrogen-bond donors (Lipinski definition) is 0. The Balaban J connectivity index is 1.77. The number of rotatable bonds is 4. The summed E-state index contributed by atoms with van der Waals surface area (Å²) in [5.74, 6) is 2.32. The molecule has 0 aliphatic heterocycles. The van der Waals surface area contributed by atoms with E-state index in [1.807, 2.05) is 0 Å². The molecule has 2 saturated carbocycles. The normalized spacial score (nSPS) is 32.0. The number of fused-ring (bicyclic) bond motifs is 2. The van der Waals surface area contributed by atoms with E-state index >= 15 is 0 Å². The van der Waals surface area contributed by atoms with Gasteiger partial charge in [0.15, 0.2) is 0 Å². The maximum Gasteiger partial charge on any atom is 0.0615 e. The van der Waals surface area contributed by atoms with Gasteiger partial charge in [0.05, 0.1) is 12.2 Å². The van der Waals surface area contributed by atoms with Crippen molar-refractivity contribution < 1.29 is 4.74 Å². The van der Waals surface area contributed by atoms with Crippen LogP contribution in [0.2, 0.25) is 0 Å². The quantitative estimate of drug-likeness (QED) is 0.820. The molecule has 4 atom stereocenters. The predicted octanol–water partition coefficient (Wildman–Crippen LogP) is 4.06. The molecule has 0 unspecified atom stereocenters. The Hall–Kier alpha value is -1.02. The van der Waals surface area contributed by atoms with Crippen molar-refractivity contribution in [2.75, 3.05) is 19.0 Å². The molecule has 1 aromatic rings. The van der Waals surface area contributed by atoms with Gasteiger partial charge >= 0.3 is 0 Å². The highest BCUT2D eigenvalue weighted by molar-refractivity contribution is 5.47. The van der Waals surface area contributed by atoms with E-state index < -0.39 is 0 Å². The molecule has 20 heavy (non-hydrogen) atoms. The van der Waals surface area contributed by atoms with Crippen molar-refractivity contribution in [3.05, 3.63) is 29.8 Å². The number of ether oxygens (including phenoxy) is 1. The van der Waals surface area contributed by atoms with Gasteiger partial charge in [0.25, 0.3) is 0 Å². The van der Waals surface area contributed by atoms with Crippen molar-refractivity contribution in [2.24, 2.45) is 11.8 Å². The molecule has 3 rings (SSSR count). The van der Waals surface area contributed by atoms with E-state index in [9.17, 15) is 0 Å². The number of benzene rings is 1. The van der Waals surface area contributed by atoms with E-state index in [0.717, 1.165) is 17.8 Å². The van der Waals surface area contributed by atoms with Crippen LogP contribution < -0.4 is 4.90 Å². The second kappa shape index (κ2) is 5.40. The molecule has 2 fully saturated rings. The molecule has 2 nitrogen and oxygen atoms in total. The SMILES string of the molecule is CC(C)O[C@@H]1C[C@H]2CC[C@@H]1[C@H]2c1ccc(N(C)C)cc1. The van der Waals surface area contributed by atoms with Crippen LogP contribution in [0.15, 0.2) is 24.3 Å². The Labute approximate surface area is 123 Å². The zero-order chi connectivity index (χ0) is 14.3. The Kier molecular flexibility index (Phi) is 3.76. The minimum absolute atomic E-state index is 0.358. The van der Waals surface area contributed by atoms with Crippen LogP contribution in [0.4, 0.5) is 5.69 Å². The Morgan fingerprint density at radius 3 is 2.40 bits per heavy atom. The highest BCUT2D eigenvalue weighted by Gasteiger charge is 2.49. The van der Waals surface area contributed by atoms with Crippen molar-refractivity contribution in [2.45, 2.75) is 51.2 Å². The van der Waals surface area contributed by atoms with Crippen LogP contribution in [0.3, 0.4) is 0 Å². The van der Waals surface area contributed by atoms with Crippen LogP contribution in [0.25, 0.3) is 0 Å². The molecule has 2 heteroatoms. The lowest BCUT2D eigenvalue weighted by Gasteiger charge is -2.25. The van der Waals surface area contributed by atoms with Gasteiger partial charge in [-0.1, -0.05) is 12.1 Å². The third-order valence-corrected chi connectivity index (χ3v) is 5.09. The molecule has 1 aromatic carbocycles. The first-order valence-corrected chi connectivity index (χ1v) is 7.99. The van der Waals surface area contributed by atoms with Gasteiger partial charge < -0.3 is 9.64 Å². The van der Waals surface area contributed by atoms with Gasteiger partial charge in [0.2, 0.25) is 0 Å². The Bertz CT molecular complexity index is 451. The van der Waals surface area contributed by atoms with Gasteiger partial charge in [-0.2, -0.15) is 0 Å². The van der Waals surface area contributed by atoms with Crippen LogP contribution >= 0.6 is 0 Å². The van der Waals surface area contributed by atoms with E-state index in [1.54, 1.807) is 0 Å². The third-order valence-electron chi connectivity index (χ3n) is 5.09. The summed E-state index contributed by atoms with van der Waals surface area (Å²) in [5.41, 5.74) is 2.81. The zero-order valence-corrected chi connectivity index (χ0v) is 13.2. The van der Waals surface area contributed by atoms with Gasteiger partial charge in [-0.05, 0) is 68.6 Å². The third kappa shape index (κ3) is 2.46. The summed E-state index contributed by atoms with van der Waals surface area (Å²) in [4.78, 5) is 2.16. The molecule has 0 spiro atoms. The summed E-state index contributed by atoms with van der Waals surface area (Å²) >= 11 is 0. The lowest BCUT2D eigenvalue weighted by molar-refractivity contribution is -0.0233. The predicted molar refractivity (Wildman–Crippen MR) is 84.4 cm³/mol. The highest BCUT2D eigenvalue weighted by atomic mass is 16.5. The first-order valence-electron chi connectivity index (χ1n) is 7.99. The Morgan fingerprint density at radius 1 is 1.10 bits per heavy atom. The van der Waals surface area contributed by atoms with Crippen molar-refractivity contribution in [3.8, 4) is 0 Å². The average Bonchev–Trinajstić information content (AvgIpc) is 2.95. The first kappa shape index (κ1) is 13.9. The molecule has 110 valence electrons. The Morgan fingerprint density at radius 2 is 1.80 bits per heavy atom. The second-order valence-electron chi connectivity index (χ2n) is 6.97. The molecule has 2 aliphatic carbocycles. The van der Waals surface area contributed by atoms with Crippen LogP contribution in [0.5, 0.6) is 0 Å². The maximum absolute atomic E-state index is 6.15. The van der Waals surface area contributed by atoms with Gasteiger partial charge in [-0.15, -0.1) is 0 Å². The number of anilines is 1. The van der Waals surface area contributed by atoms with Crippen molar-refractivity contribution in [1.29, 1.82) is 0 Å². The maximum atomic E-state index is 6.15. The average molecular weight is 273 g/mol. The summed E-state index contributed by atoms with van der Waals surface area (Å²) in [5, 5.41) is 0. The van der Waals surface area contributed by atoms with E-state index in [0.29, 0.717) is 12.2 Å². The van der Waals surface area contributed by atoms with E-state index in [4.69, 9.17) is 4.74 Å². The standard InChI is InChI=1S/C18H27NO/c1-12(2)20-17-11-14-7-10-16(17)18(14)13-5-8-15(9-6-13)19(3)4/h5-6,8-9,12,14,16-18H,7,10-11H2,1-4H3/t14-,16+,17-,18+/m1/s1. The van der Waals surface area contributed by atoms with E-state index in [-0.39, 0.29) is 0 Å². The van der Waals surface area contributed by atoms with Gasteiger partial charge in [-0.3, -0.25) is 0 Å². The molecule has 2 aliphatic rings. The fraction of sp³-hybridized carbons (Fsp3) is 0.667. The lowest BCUT2D eigenvalue weighted by Crippen LogP contribution is -2.24. The van der Waals surface area contributed by atoms with Crippen molar-refractivity contribution in [1.82, 2.24) is 0 Å². The molecule has 2 bridgehead atoms. The summed E-state index contributed by atoms with van der Waals surface area (Å²) < 4.78 is 6.15. The largest absolute Gasteiger partial charge is 0.378 e. The molecule has 0 N–H and O–H groups in total. The summed E-state index contributed by atoms with van der Waals surface area (Å²) in [6.45, 7) is 4.32. The summed E-state index contributed by atoms with van der Waals surface area (Å²) in [6, 6.07) is 9.18. The number of hydrogen-bond acceptors (Lipinski definition) is 2. The zero-order valence-electron chi connectivity index (χ0n) is 13.2. The molecule has 0 amide bonds. The molecule has 0 saturated heterocycles. The van der Waals surface area contributed by atoms with Crippen LogP contribution in [-0.2, 0) is 4.74 Å². The second-order valence-corrected chi connectivity index (χ2v) is 6.97. The lowest BCUT2D eigenvalue weighted by atomic mass is 9.89. The molecule has 0 aromatic heterocycles. The summed E-state index contributed by atoms with van der Waals surface area (Å²) in [7, 11) is 4.20. The van der Waals surface area contributed by atoms with Crippen molar-refractivity contribution in [3.63, 3.8) is 0 Å². The van der Waals surface area contributed by atoms with E-state index in [1.165, 1.54) is 30.5 Å². The van der Waals surface area contributed by atoms with Crippen LogP contribution in [0.1, 0.15) is 44.6 Å². The summed E-state index contributed by atoms with van der Waals surface area (Å²) in [6.07, 6.45) is 4.86. The van der Waals surface area contributed by atoms with Gasteiger partial charge in [0.1, 0.15) is 0 Å². The molecular formula is C18H27NO. The van der Waals surface area contributed by atoms with Crippen LogP contribution in [0, 0.1) is 11.8 Å². The van der Waals surface area contributed by atoms with Gasteiger partial charge in [-0.25, -0.2) is 0 Å². The topological polar surface area (TPSA) is 12.5 Å². The monoisotopic (exact) mass is 273 g/mol. The molecule has 0 heterocycles. The number of nitrogens with zero attached hydrogens (tertiary/aromatic N) is 1. The molecular weight excluding hydrogens is 246 g/mol. The minimum Gasteiger partial charge on any atom is -0.378 e. The first-order chi connectivity index (χ1) is 9.56. The molecule has 0 radical (unpaired) electrons. The fourth-order valence-corrected chi connectivity index (χ4v) is 4.29. The minimum atomic E-state index is 0.358. The fourth-order valence-electron chi connectivity index (χ4n) is 4.29.